The van der Waals surface area contributed by atoms with Crippen molar-refractivity contribution in [2.24, 2.45) is 0 Å². The van der Waals surface area contributed by atoms with E-state index in [1.54, 1.807) is 0 Å². The number of ether oxygens (including phenoxy) is 2. The number of aliphatic hydroxyl groups excluding tert-OH is 3. The average molecular weight is 999 g/mol. The molecule has 15 nitrogen and oxygen atoms in total. The standard InChI is InChI=1S/C51H84O15P2/c1-3-5-7-9-11-13-15-17-19-21-22-24-26-28-30-32-34-36-38-40-51(56)62-42-48(53)44-64-68(59,60)66-46-49(54)45-65-67(57,58)63-43-47(52)41-61-50(55)39-37-35-33-31-29-27-25-23-20-18-16-14-12-10-8-6-4-2/h6,8,10-14,16-20,22-25,27,29,47-49,52-54H,3-5,7,9,15,21,26,28,30-46H2,1-2H3,(H,57,58)(H,59,60)/b8-6-,12-10+,13-11-,16-14+,19-17-,20-18-,24-22-,25-23+,29-27+. The molecule has 17 heteroatoms. The van der Waals surface area contributed by atoms with Crippen molar-refractivity contribution in [1.82, 2.24) is 0 Å². The van der Waals surface area contributed by atoms with Crippen molar-refractivity contribution in [3.05, 3.63) is 109 Å². The molecule has 0 aromatic carbocycles. The Morgan fingerprint density at radius 3 is 1.16 bits per heavy atom. The monoisotopic (exact) mass is 999 g/mol. The highest BCUT2D eigenvalue weighted by molar-refractivity contribution is 7.47. The van der Waals surface area contributed by atoms with Crippen molar-refractivity contribution in [3.8, 4) is 0 Å². The summed E-state index contributed by atoms with van der Waals surface area (Å²) in [5.41, 5.74) is 0. The molecule has 0 radical (unpaired) electrons. The maximum absolute atomic E-state index is 12.2. The maximum Gasteiger partial charge on any atom is 0.472 e. The molecule has 0 aromatic heterocycles. The molecular weight excluding hydrogens is 914 g/mol. The summed E-state index contributed by atoms with van der Waals surface area (Å²) in [6.07, 6.45) is 50.7. The van der Waals surface area contributed by atoms with Crippen molar-refractivity contribution in [2.45, 2.75) is 161 Å². The Hall–Kier alpha value is -3.30. The zero-order chi connectivity index (χ0) is 50.2. The second-order valence-electron chi connectivity index (χ2n) is 15.9. The molecule has 0 aliphatic heterocycles. The van der Waals surface area contributed by atoms with Crippen LogP contribution in [0.5, 0.6) is 0 Å². The van der Waals surface area contributed by atoms with E-state index in [0.29, 0.717) is 12.8 Å². The minimum atomic E-state index is -4.81. The summed E-state index contributed by atoms with van der Waals surface area (Å²) >= 11 is 0. The fraction of sp³-hybridized carbons (Fsp3) is 0.608. The number of carbonyl (C=O) groups is 2. The van der Waals surface area contributed by atoms with Crippen LogP contribution in [0.15, 0.2) is 109 Å². The molecule has 0 rings (SSSR count). The zero-order valence-electron chi connectivity index (χ0n) is 40.7. The fourth-order valence-corrected chi connectivity index (χ4v) is 7.19. The van der Waals surface area contributed by atoms with Gasteiger partial charge in [-0.2, -0.15) is 0 Å². The molecular formula is C51H84O15P2. The van der Waals surface area contributed by atoms with E-state index in [1.165, 1.54) is 25.7 Å². The lowest BCUT2D eigenvalue weighted by molar-refractivity contribution is -0.148. The predicted molar refractivity (Wildman–Crippen MR) is 269 cm³/mol. The quantitative estimate of drug-likeness (QED) is 0.0126. The van der Waals surface area contributed by atoms with Gasteiger partial charge < -0.3 is 34.6 Å². The number of rotatable bonds is 45. The minimum absolute atomic E-state index is 0.139. The van der Waals surface area contributed by atoms with Gasteiger partial charge in [0, 0.05) is 12.8 Å². The molecule has 0 saturated heterocycles. The molecule has 0 fully saturated rings. The van der Waals surface area contributed by atoms with Crippen molar-refractivity contribution in [3.63, 3.8) is 0 Å². The van der Waals surface area contributed by atoms with Gasteiger partial charge in [-0.25, -0.2) is 9.13 Å². The molecule has 0 aromatic rings. The van der Waals surface area contributed by atoms with E-state index < -0.39 is 85.5 Å². The number of carbonyl (C=O) groups excluding carboxylic acids is 2. The van der Waals surface area contributed by atoms with Gasteiger partial charge in [-0.3, -0.25) is 27.7 Å². The number of hydrogen-bond acceptors (Lipinski definition) is 13. The van der Waals surface area contributed by atoms with Crippen LogP contribution in [0.2, 0.25) is 0 Å². The number of aliphatic hydroxyl groups is 3. The number of phosphoric ester groups is 2. The van der Waals surface area contributed by atoms with E-state index in [-0.39, 0.29) is 12.8 Å². The van der Waals surface area contributed by atoms with Crippen LogP contribution in [0.3, 0.4) is 0 Å². The van der Waals surface area contributed by atoms with E-state index in [9.17, 15) is 43.8 Å². The molecule has 0 bridgehead atoms. The van der Waals surface area contributed by atoms with Gasteiger partial charge in [0.05, 0.1) is 26.4 Å². The van der Waals surface area contributed by atoms with E-state index in [4.69, 9.17) is 9.47 Å². The minimum Gasteiger partial charge on any atom is -0.463 e. The van der Waals surface area contributed by atoms with Gasteiger partial charge in [-0.05, 0) is 70.6 Å². The Morgan fingerprint density at radius 2 is 0.735 bits per heavy atom. The van der Waals surface area contributed by atoms with E-state index >= 15 is 0 Å². The largest absolute Gasteiger partial charge is 0.472 e. The van der Waals surface area contributed by atoms with E-state index in [2.05, 4.69) is 74.5 Å². The Kier molecular flexibility index (Phi) is 43.9. The van der Waals surface area contributed by atoms with Gasteiger partial charge in [0.15, 0.2) is 0 Å². The Labute approximate surface area is 407 Å². The first-order chi connectivity index (χ1) is 32.8. The normalized spacial score (nSPS) is 15.9. The van der Waals surface area contributed by atoms with Crippen molar-refractivity contribution in [1.29, 1.82) is 0 Å². The molecule has 0 heterocycles. The molecule has 0 aliphatic rings. The van der Waals surface area contributed by atoms with Gasteiger partial charge in [0.25, 0.3) is 0 Å². The van der Waals surface area contributed by atoms with Gasteiger partial charge in [-0.15, -0.1) is 0 Å². The van der Waals surface area contributed by atoms with Crippen LogP contribution in [-0.4, -0.2) is 95.0 Å². The summed E-state index contributed by atoms with van der Waals surface area (Å²) < 4.78 is 53.0. The first-order valence-corrected chi connectivity index (χ1v) is 27.3. The molecule has 5 atom stereocenters. The molecule has 0 spiro atoms. The summed E-state index contributed by atoms with van der Waals surface area (Å²) in [5.74, 6) is -1.06. The van der Waals surface area contributed by atoms with E-state index in [0.717, 1.165) is 77.0 Å². The lowest BCUT2D eigenvalue weighted by Crippen LogP contribution is -2.25. The Bertz CT molecular complexity index is 1630. The molecule has 68 heavy (non-hydrogen) atoms. The summed E-state index contributed by atoms with van der Waals surface area (Å²) in [6, 6.07) is 0. The lowest BCUT2D eigenvalue weighted by atomic mass is 10.1. The number of phosphoric acid groups is 2. The van der Waals surface area contributed by atoms with Crippen LogP contribution in [0.1, 0.15) is 142 Å². The smallest absolute Gasteiger partial charge is 0.463 e. The van der Waals surface area contributed by atoms with Gasteiger partial charge >= 0.3 is 27.6 Å². The summed E-state index contributed by atoms with van der Waals surface area (Å²) in [5, 5.41) is 30.0. The Morgan fingerprint density at radius 1 is 0.412 bits per heavy atom. The third-order valence-corrected chi connectivity index (χ3v) is 11.3. The van der Waals surface area contributed by atoms with Crippen LogP contribution in [0.25, 0.3) is 0 Å². The van der Waals surface area contributed by atoms with Gasteiger partial charge in [0.1, 0.15) is 31.5 Å². The summed E-state index contributed by atoms with van der Waals surface area (Å²) in [4.78, 5) is 43.8. The predicted octanol–water partition coefficient (Wildman–Crippen LogP) is 11.3. The highest BCUT2D eigenvalue weighted by Gasteiger charge is 2.28. The molecule has 0 amide bonds. The summed E-state index contributed by atoms with van der Waals surface area (Å²) in [6.45, 7) is 0.146. The van der Waals surface area contributed by atoms with Crippen LogP contribution in [0.4, 0.5) is 0 Å². The number of esters is 2. The van der Waals surface area contributed by atoms with Crippen LogP contribution >= 0.6 is 15.6 Å². The Balaban J connectivity index is 3.97. The van der Waals surface area contributed by atoms with Crippen LogP contribution in [-0.2, 0) is 46.3 Å². The highest BCUT2D eigenvalue weighted by Crippen LogP contribution is 2.45. The maximum atomic E-state index is 12.2. The van der Waals surface area contributed by atoms with Crippen molar-refractivity contribution >= 4 is 27.6 Å². The SMILES string of the molecule is CC\C=C/C=C/C=C/C=C\C=C\C=C\CCCCCC(=O)OCC(O)COP(=O)(O)OCC(O)COP(=O)(O)OCC(O)COC(=O)CCCCCCCC/C=C\C/C=C\C/C=C\CCCCC. The third-order valence-electron chi connectivity index (χ3n) is 9.37. The second-order valence-corrected chi connectivity index (χ2v) is 18.8. The molecule has 0 aliphatic carbocycles. The van der Waals surface area contributed by atoms with Crippen molar-refractivity contribution in [2.75, 3.05) is 39.6 Å². The highest BCUT2D eigenvalue weighted by atomic mass is 31.2. The molecule has 5 N–H and O–H groups in total. The van der Waals surface area contributed by atoms with Gasteiger partial charge in [0.2, 0.25) is 0 Å². The lowest BCUT2D eigenvalue weighted by Gasteiger charge is -2.19. The zero-order valence-corrected chi connectivity index (χ0v) is 42.5. The number of hydrogen-bond donors (Lipinski definition) is 5. The number of unbranched alkanes of at least 4 members (excludes halogenated alkanes) is 12. The number of allylic oxidation sites excluding steroid dienone is 18. The third kappa shape index (κ3) is 47.8. The first-order valence-electron chi connectivity index (χ1n) is 24.3. The fourth-order valence-electron chi connectivity index (χ4n) is 5.60. The van der Waals surface area contributed by atoms with Gasteiger partial charge in [-0.1, -0.05) is 168 Å². The van der Waals surface area contributed by atoms with Crippen LogP contribution < -0.4 is 0 Å². The molecule has 0 saturated carbocycles. The summed E-state index contributed by atoms with van der Waals surface area (Å²) in [7, 11) is -9.61. The average Bonchev–Trinajstić information content (AvgIpc) is 3.31. The van der Waals surface area contributed by atoms with Crippen molar-refractivity contribution < 1.29 is 71.4 Å². The first kappa shape index (κ1) is 64.7. The molecule has 388 valence electrons. The van der Waals surface area contributed by atoms with E-state index in [1.807, 2.05) is 66.8 Å². The molecule has 5 unspecified atom stereocenters. The van der Waals surface area contributed by atoms with Crippen LogP contribution in [0, 0.1) is 0 Å². The second kappa shape index (κ2) is 46.1. The topological polar surface area (TPSA) is 225 Å².